The fraction of sp³-hybridized carbons (Fsp3) is 0.333. The van der Waals surface area contributed by atoms with Gasteiger partial charge in [-0.1, -0.05) is 59.7 Å². The molecule has 1 amide bonds. The zero-order valence-electron chi connectivity index (χ0n) is 16.4. The summed E-state index contributed by atoms with van der Waals surface area (Å²) in [5.74, 6) is -0.159. The summed E-state index contributed by atoms with van der Waals surface area (Å²) in [6.07, 6.45) is 6.58. The second-order valence-electron chi connectivity index (χ2n) is 3.92. The smallest absolute Gasteiger partial charge is 0.249 e. The Morgan fingerprint density at radius 1 is 0.920 bits per heavy atom. The zero-order valence-corrected chi connectivity index (χ0v) is 16.4. The molecule has 0 bridgehead atoms. The molecule has 2 N–H and O–H groups in total. The lowest BCUT2D eigenvalue weighted by atomic mass is 10.3. The van der Waals surface area contributed by atoms with Gasteiger partial charge in [0, 0.05) is 36.9 Å². The molecule has 0 aliphatic carbocycles. The van der Waals surface area contributed by atoms with Gasteiger partial charge in [-0.05, 0) is 29.8 Å². The van der Waals surface area contributed by atoms with E-state index in [1.165, 1.54) is 6.08 Å². The largest absolute Gasteiger partial charge is 0.387 e. The highest BCUT2D eigenvalue weighted by Crippen LogP contribution is 2.04. The van der Waals surface area contributed by atoms with E-state index in [0.29, 0.717) is 6.54 Å². The molecule has 0 aliphatic rings. The van der Waals surface area contributed by atoms with Gasteiger partial charge in [0.05, 0.1) is 0 Å². The van der Waals surface area contributed by atoms with Crippen LogP contribution < -0.4 is 10.6 Å². The Labute approximate surface area is 153 Å². The molecule has 1 aromatic carbocycles. The van der Waals surface area contributed by atoms with E-state index < -0.39 is 0 Å². The van der Waals surface area contributed by atoms with Gasteiger partial charge in [0.1, 0.15) is 0 Å². The maximum absolute atomic E-state index is 11.6. The lowest BCUT2D eigenvalue weighted by Crippen LogP contribution is -2.10. The first-order valence-electron chi connectivity index (χ1n) is 8.99. The van der Waals surface area contributed by atoms with Crippen molar-refractivity contribution < 1.29 is 4.79 Å². The standard InChI is InChI=1S/C15H15N3O.3C2H6/c19-15(18-14-4-2-1-3-5-14)8-11-17-12-13-6-9-16-10-7-13;3*1-2/h1-11,17H,12H2,(H,18,19);3*1-2H3/b11-8-;;;. The predicted octanol–water partition coefficient (Wildman–Crippen LogP) is 5.40. The molecule has 4 heteroatoms. The van der Waals surface area contributed by atoms with Crippen molar-refractivity contribution in [3.63, 3.8) is 0 Å². The van der Waals surface area contributed by atoms with E-state index >= 15 is 0 Å². The number of hydrogen-bond acceptors (Lipinski definition) is 3. The average molecular weight is 344 g/mol. The minimum absolute atomic E-state index is 0.159. The fourth-order valence-electron chi connectivity index (χ4n) is 1.52. The quantitative estimate of drug-likeness (QED) is 0.714. The Kier molecular flexibility index (Phi) is 19.1. The summed E-state index contributed by atoms with van der Waals surface area (Å²) in [5.41, 5.74) is 1.90. The van der Waals surface area contributed by atoms with Crippen molar-refractivity contribution in [2.24, 2.45) is 0 Å². The van der Waals surface area contributed by atoms with E-state index in [1.807, 2.05) is 84.0 Å². The molecule has 25 heavy (non-hydrogen) atoms. The summed E-state index contributed by atoms with van der Waals surface area (Å²) in [7, 11) is 0. The van der Waals surface area contributed by atoms with Gasteiger partial charge in [-0.25, -0.2) is 0 Å². The van der Waals surface area contributed by atoms with E-state index in [-0.39, 0.29) is 5.91 Å². The second kappa shape index (κ2) is 19.4. The van der Waals surface area contributed by atoms with Crippen LogP contribution in [0.15, 0.2) is 67.1 Å². The van der Waals surface area contributed by atoms with Crippen molar-refractivity contribution in [2.45, 2.75) is 48.1 Å². The van der Waals surface area contributed by atoms with Crippen molar-refractivity contribution in [1.29, 1.82) is 0 Å². The summed E-state index contributed by atoms with van der Waals surface area (Å²) in [5, 5.41) is 5.81. The molecule has 2 rings (SSSR count). The zero-order chi connectivity index (χ0) is 19.3. The number of anilines is 1. The molecule has 0 spiro atoms. The van der Waals surface area contributed by atoms with Crippen LogP contribution in [0.1, 0.15) is 47.1 Å². The highest BCUT2D eigenvalue weighted by molar-refractivity contribution is 5.99. The Morgan fingerprint density at radius 3 is 2.04 bits per heavy atom. The van der Waals surface area contributed by atoms with Crippen LogP contribution in [0.5, 0.6) is 0 Å². The van der Waals surface area contributed by atoms with Gasteiger partial charge in [0.25, 0.3) is 0 Å². The SMILES string of the molecule is CC.CC.CC.O=C(/C=C\NCc1ccncc1)Nc1ccccc1. The molecule has 0 radical (unpaired) electrons. The first kappa shape index (κ1) is 24.6. The number of hydrogen-bond donors (Lipinski definition) is 2. The van der Waals surface area contributed by atoms with Crippen molar-refractivity contribution >= 4 is 11.6 Å². The molecule has 0 unspecified atom stereocenters. The fourth-order valence-corrected chi connectivity index (χ4v) is 1.52. The normalized spacial score (nSPS) is 8.56. The first-order valence-corrected chi connectivity index (χ1v) is 8.99. The topological polar surface area (TPSA) is 54.0 Å². The summed E-state index contributed by atoms with van der Waals surface area (Å²) < 4.78 is 0. The molecular weight excluding hydrogens is 310 g/mol. The number of carbonyl (C=O) groups excluding carboxylic acids is 1. The number of carbonyl (C=O) groups is 1. The lowest BCUT2D eigenvalue weighted by molar-refractivity contribution is -0.111. The minimum atomic E-state index is -0.159. The molecule has 138 valence electrons. The van der Waals surface area contributed by atoms with Gasteiger partial charge >= 0.3 is 0 Å². The minimum Gasteiger partial charge on any atom is -0.387 e. The Bertz CT molecular complexity index is 540. The molecule has 4 nitrogen and oxygen atoms in total. The summed E-state index contributed by atoms with van der Waals surface area (Å²) in [6, 6.07) is 13.2. The summed E-state index contributed by atoms with van der Waals surface area (Å²) >= 11 is 0. The van der Waals surface area contributed by atoms with Crippen LogP contribution in [0.2, 0.25) is 0 Å². The van der Waals surface area contributed by atoms with Gasteiger partial charge in [0.2, 0.25) is 5.91 Å². The number of nitrogens with one attached hydrogen (secondary N) is 2. The van der Waals surface area contributed by atoms with Crippen molar-refractivity contribution in [3.05, 3.63) is 72.7 Å². The monoisotopic (exact) mass is 343 g/mol. The van der Waals surface area contributed by atoms with E-state index in [4.69, 9.17) is 0 Å². The van der Waals surface area contributed by atoms with Crippen LogP contribution in [-0.4, -0.2) is 10.9 Å². The first-order chi connectivity index (χ1) is 12.3. The van der Waals surface area contributed by atoms with Crippen molar-refractivity contribution in [2.75, 3.05) is 5.32 Å². The van der Waals surface area contributed by atoms with Crippen LogP contribution in [-0.2, 0) is 11.3 Å². The van der Waals surface area contributed by atoms with E-state index in [1.54, 1.807) is 18.6 Å². The lowest BCUT2D eigenvalue weighted by Gasteiger charge is -2.02. The molecule has 0 atom stereocenters. The predicted molar refractivity (Wildman–Crippen MR) is 109 cm³/mol. The highest BCUT2D eigenvalue weighted by atomic mass is 16.1. The van der Waals surface area contributed by atoms with Gasteiger partial charge in [0.15, 0.2) is 0 Å². The molecule has 2 aromatic rings. The molecule has 0 saturated heterocycles. The third kappa shape index (κ3) is 13.5. The number of aromatic nitrogens is 1. The van der Waals surface area contributed by atoms with Crippen LogP contribution in [0, 0.1) is 0 Å². The van der Waals surface area contributed by atoms with Crippen molar-refractivity contribution in [3.8, 4) is 0 Å². The number of para-hydroxylation sites is 1. The van der Waals surface area contributed by atoms with E-state index in [0.717, 1.165) is 11.3 Å². The maximum Gasteiger partial charge on any atom is 0.249 e. The van der Waals surface area contributed by atoms with Crippen LogP contribution in [0.25, 0.3) is 0 Å². The van der Waals surface area contributed by atoms with Gasteiger partial charge in [-0.3, -0.25) is 9.78 Å². The molecular formula is C21H33N3O. The molecule has 0 aliphatic heterocycles. The second-order valence-corrected chi connectivity index (χ2v) is 3.92. The maximum atomic E-state index is 11.6. The molecule has 1 aromatic heterocycles. The Balaban J connectivity index is 0. The van der Waals surface area contributed by atoms with Crippen LogP contribution in [0.3, 0.4) is 0 Å². The number of nitrogens with zero attached hydrogens (tertiary/aromatic N) is 1. The van der Waals surface area contributed by atoms with Gasteiger partial charge in [-0.2, -0.15) is 0 Å². The van der Waals surface area contributed by atoms with Crippen LogP contribution in [0.4, 0.5) is 5.69 Å². The molecule has 0 fully saturated rings. The Morgan fingerprint density at radius 2 is 1.48 bits per heavy atom. The summed E-state index contributed by atoms with van der Waals surface area (Å²) in [6.45, 7) is 12.7. The Hall–Kier alpha value is -2.62. The van der Waals surface area contributed by atoms with Crippen LogP contribution >= 0.6 is 0 Å². The van der Waals surface area contributed by atoms with E-state index in [2.05, 4.69) is 15.6 Å². The van der Waals surface area contributed by atoms with E-state index in [9.17, 15) is 4.79 Å². The number of amides is 1. The average Bonchev–Trinajstić information content (AvgIpc) is 2.71. The number of rotatable bonds is 5. The molecule has 0 saturated carbocycles. The molecule has 1 heterocycles. The number of benzene rings is 1. The number of pyridine rings is 1. The third-order valence-electron chi connectivity index (χ3n) is 2.45. The van der Waals surface area contributed by atoms with Crippen molar-refractivity contribution in [1.82, 2.24) is 10.3 Å². The highest BCUT2D eigenvalue weighted by Gasteiger charge is 1.95. The van der Waals surface area contributed by atoms with Gasteiger partial charge in [-0.15, -0.1) is 0 Å². The third-order valence-corrected chi connectivity index (χ3v) is 2.45. The van der Waals surface area contributed by atoms with Gasteiger partial charge < -0.3 is 10.6 Å². The summed E-state index contributed by atoms with van der Waals surface area (Å²) in [4.78, 5) is 15.5.